The number of halogens is 1. The number of Topliss-reactive ketones (excluding diaryl/α,β-unsaturated/α-hetero) is 1. The van der Waals surface area contributed by atoms with Gasteiger partial charge in [-0.15, -0.1) is 0 Å². The van der Waals surface area contributed by atoms with E-state index in [1.165, 1.54) is 0 Å². The predicted molar refractivity (Wildman–Crippen MR) is 139 cm³/mol. The molecule has 1 aliphatic carbocycles. The van der Waals surface area contributed by atoms with Crippen LogP contribution in [0.15, 0.2) is 69.5 Å². The first kappa shape index (κ1) is 26.0. The molecule has 8 heteroatoms. The van der Waals surface area contributed by atoms with E-state index in [1.807, 2.05) is 49.4 Å². The van der Waals surface area contributed by atoms with Gasteiger partial charge in [0.25, 0.3) is 0 Å². The van der Waals surface area contributed by atoms with Crippen LogP contribution in [0.3, 0.4) is 0 Å². The van der Waals surface area contributed by atoms with Crippen molar-refractivity contribution >= 4 is 27.7 Å². The number of ketones is 1. The molecule has 0 aromatic heterocycles. The lowest BCUT2D eigenvalue weighted by atomic mass is 9.71. The summed E-state index contributed by atoms with van der Waals surface area (Å²) in [7, 11) is 4.78. The normalized spacial score (nSPS) is 19.5. The molecule has 0 saturated heterocycles. The first-order valence-electron chi connectivity index (χ1n) is 11.8. The first-order chi connectivity index (χ1) is 17.4. The molecule has 0 saturated carbocycles. The molecule has 2 aromatic rings. The van der Waals surface area contributed by atoms with Gasteiger partial charge in [0.05, 0.1) is 30.9 Å². The van der Waals surface area contributed by atoms with Gasteiger partial charge >= 0.3 is 5.97 Å². The molecule has 0 bridgehead atoms. The minimum absolute atomic E-state index is 0.00807. The van der Waals surface area contributed by atoms with Crippen molar-refractivity contribution in [3.05, 3.63) is 80.6 Å². The summed E-state index contributed by atoms with van der Waals surface area (Å²) in [5.41, 5.74) is 4.32. The van der Waals surface area contributed by atoms with E-state index in [4.69, 9.17) is 18.9 Å². The molecule has 0 fully saturated rings. The van der Waals surface area contributed by atoms with Crippen LogP contribution in [0.1, 0.15) is 42.7 Å². The van der Waals surface area contributed by atoms with Gasteiger partial charge in [0.1, 0.15) is 18.1 Å². The number of para-hydroxylation sites is 1. The summed E-state index contributed by atoms with van der Waals surface area (Å²) in [5, 5.41) is 3.37. The fourth-order valence-corrected chi connectivity index (χ4v) is 5.58. The number of benzene rings is 2. The van der Waals surface area contributed by atoms with Gasteiger partial charge in [0.15, 0.2) is 5.78 Å². The number of carbonyl (C=O) groups is 2. The molecule has 4 rings (SSSR count). The maximum atomic E-state index is 13.8. The van der Waals surface area contributed by atoms with E-state index in [0.717, 1.165) is 27.0 Å². The molecule has 1 heterocycles. The Morgan fingerprint density at radius 3 is 2.47 bits per heavy atom. The summed E-state index contributed by atoms with van der Waals surface area (Å²) >= 11 is 3.55. The highest BCUT2D eigenvalue weighted by Crippen LogP contribution is 2.47. The van der Waals surface area contributed by atoms with Crippen molar-refractivity contribution in [3.63, 3.8) is 0 Å². The number of carbonyl (C=O) groups excluding carboxylic acids is 2. The maximum absolute atomic E-state index is 13.8. The maximum Gasteiger partial charge on any atom is 0.336 e. The lowest BCUT2D eigenvalue weighted by Gasteiger charge is -2.37. The number of allylic oxidation sites excluding steroid dienone is 3. The average molecular weight is 556 g/mol. The average Bonchev–Trinajstić information content (AvgIpc) is 2.87. The van der Waals surface area contributed by atoms with Crippen molar-refractivity contribution < 1.29 is 28.5 Å². The quantitative estimate of drug-likeness (QED) is 0.361. The molecule has 7 nitrogen and oxygen atoms in total. The Kier molecular flexibility index (Phi) is 8.16. The fourth-order valence-electron chi connectivity index (χ4n) is 5.02. The van der Waals surface area contributed by atoms with Crippen LogP contribution in [0, 0.1) is 0 Å². The fraction of sp³-hybridized carbons (Fsp3) is 0.357. The second-order valence-corrected chi connectivity index (χ2v) is 9.64. The Bertz CT molecular complexity index is 1230. The predicted octanol–water partition coefficient (Wildman–Crippen LogP) is 5.02. The van der Waals surface area contributed by atoms with Crippen LogP contribution < -0.4 is 14.8 Å². The third-order valence-corrected chi connectivity index (χ3v) is 7.28. The third kappa shape index (κ3) is 5.06. The zero-order valence-corrected chi connectivity index (χ0v) is 22.4. The Morgan fingerprint density at radius 2 is 1.78 bits per heavy atom. The topological polar surface area (TPSA) is 83.1 Å². The number of methoxy groups -OCH3 is 3. The van der Waals surface area contributed by atoms with Crippen molar-refractivity contribution in [2.75, 3.05) is 34.5 Å². The van der Waals surface area contributed by atoms with E-state index in [1.54, 1.807) is 21.3 Å². The highest BCUT2D eigenvalue weighted by molar-refractivity contribution is 9.10. The van der Waals surface area contributed by atoms with Gasteiger partial charge in [0.2, 0.25) is 0 Å². The van der Waals surface area contributed by atoms with Gasteiger partial charge in [-0.3, -0.25) is 4.79 Å². The Labute approximate surface area is 219 Å². The number of dihydropyridines is 1. The van der Waals surface area contributed by atoms with Crippen LogP contribution in [-0.4, -0.2) is 46.3 Å². The number of ether oxygens (including phenoxy) is 4. The van der Waals surface area contributed by atoms with Crippen molar-refractivity contribution in [2.45, 2.75) is 31.6 Å². The molecule has 0 spiro atoms. The zero-order valence-electron chi connectivity index (χ0n) is 20.9. The van der Waals surface area contributed by atoms with Crippen LogP contribution in [0.2, 0.25) is 0 Å². The van der Waals surface area contributed by atoms with Gasteiger partial charge in [-0.25, -0.2) is 4.79 Å². The number of hydrogen-bond acceptors (Lipinski definition) is 7. The standard InChI is InChI=1S/C28H30BrNO6/c1-16-25(28(32)36-12-11-33-2)26(17-9-10-24(35-4)20(29)13-17)27-21(30-16)14-18(15-22(27)31)19-7-5-6-8-23(19)34-3/h5-10,13,18,26,30H,11-12,14-15H2,1-4H3. The molecular formula is C28H30BrNO6. The van der Waals surface area contributed by atoms with Crippen LogP contribution in [-0.2, 0) is 19.1 Å². The summed E-state index contributed by atoms with van der Waals surface area (Å²) in [6.07, 6.45) is 0.943. The van der Waals surface area contributed by atoms with Crippen molar-refractivity contribution in [2.24, 2.45) is 0 Å². The van der Waals surface area contributed by atoms with Gasteiger partial charge in [0, 0.05) is 42.3 Å². The van der Waals surface area contributed by atoms with Crippen molar-refractivity contribution in [1.82, 2.24) is 5.32 Å². The van der Waals surface area contributed by atoms with Gasteiger partial charge in [-0.05, 0) is 58.6 Å². The summed E-state index contributed by atoms with van der Waals surface area (Å²) in [6.45, 7) is 2.26. The lowest BCUT2D eigenvalue weighted by Crippen LogP contribution is -2.36. The van der Waals surface area contributed by atoms with E-state index in [-0.39, 0.29) is 24.9 Å². The monoisotopic (exact) mass is 555 g/mol. The number of rotatable bonds is 8. The molecule has 2 aliphatic rings. The minimum atomic E-state index is -0.565. The molecule has 0 amide bonds. The van der Waals surface area contributed by atoms with Crippen LogP contribution in [0.25, 0.3) is 0 Å². The SMILES string of the molecule is COCCOC(=O)C1=C(C)NC2=C(C(=O)CC(c3ccccc3OC)C2)C1c1ccc(OC)c(Br)c1. The summed E-state index contributed by atoms with van der Waals surface area (Å²) in [5.74, 6) is 0.348. The largest absolute Gasteiger partial charge is 0.496 e. The van der Waals surface area contributed by atoms with Crippen molar-refractivity contribution in [1.29, 1.82) is 0 Å². The highest BCUT2D eigenvalue weighted by Gasteiger charge is 2.42. The summed E-state index contributed by atoms with van der Waals surface area (Å²) in [4.78, 5) is 27.0. The number of hydrogen-bond donors (Lipinski definition) is 1. The van der Waals surface area contributed by atoms with Crippen LogP contribution in [0.5, 0.6) is 11.5 Å². The Hall–Kier alpha value is -3.10. The third-order valence-electron chi connectivity index (χ3n) is 6.66. The number of esters is 1. The van der Waals surface area contributed by atoms with Crippen LogP contribution in [0.4, 0.5) is 0 Å². The Balaban J connectivity index is 1.78. The van der Waals surface area contributed by atoms with E-state index in [2.05, 4.69) is 21.2 Å². The lowest BCUT2D eigenvalue weighted by molar-refractivity contribution is -0.140. The molecule has 0 radical (unpaired) electrons. The summed E-state index contributed by atoms with van der Waals surface area (Å²) in [6, 6.07) is 13.4. The molecule has 2 unspecified atom stereocenters. The van der Waals surface area contributed by atoms with E-state index in [0.29, 0.717) is 35.4 Å². The van der Waals surface area contributed by atoms with E-state index >= 15 is 0 Å². The van der Waals surface area contributed by atoms with Gasteiger partial charge in [-0.1, -0.05) is 24.3 Å². The van der Waals surface area contributed by atoms with Crippen LogP contribution >= 0.6 is 15.9 Å². The first-order valence-corrected chi connectivity index (χ1v) is 12.5. The number of nitrogens with one attached hydrogen (secondary N) is 1. The Morgan fingerprint density at radius 1 is 1.03 bits per heavy atom. The smallest absolute Gasteiger partial charge is 0.336 e. The molecule has 1 aliphatic heterocycles. The molecule has 190 valence electrons. The van der Waals surface area contributed by atoms with Crippen molar-refractivity contribution in [3.8, 4) is 11.5 Å². The van der Waals surface area contributed by atoms with Gasteiger partial charge in [-0.2, -0.15) is 0 Å². The van der Waals surface area contributed by atoms with Gasteiger partial charge < -0.3 is 24.3 Å². The molecule has 2 aromatic carbocycles. The summed E-state index contributed by atoms with van der Waals surface area (Å²) < 4.78 is 22.2. The molecular weight excluding hydrogens is 526 g/mol. The van der Waals surface area contributed by atoms with E-state index in [9.17, 15) is 9.59 Å². The highest BCUT2D eigenvalue weighted by atomic mass is 79.9. The molecule has 2 atom stereocenters. The molecule has 1 N–H and O–H groups in total. The second kappa shape index (κ2) is 11.3. The van der Waals surface area contributed by atoms with E-state index < -0.39 is 11.9 Å². The minimum Gasteiger partial charge on any atom is -0.496 e. The zero-order chi connectivity index (χ0) is 25.8. The second-order valence-electron chi connectivity index (χ2n) is 8.78. The molecule has 36 heavy (non-hydrogen) atoms.